The zero-order valence-corrected chi connectivity index (χ0v) is 11.8. The minimum Gasteiger partial charge on any atom is -0.377 e. The lowest BCUT2D eigenvalue weighted by Gasteiger charge is -2.09. The molecule has 1 fully saturated rings. The maximum atomic E-state index is 14.5. The lowest BCUT2D eigenvalue weighted by atomic mass is 10.1. The van der Waals surface area contributed by atoms with E-state index in [4.69, 9.17) is 9.26 Å². The van der Waals surface area contributed by atoms with E-state index in [2.05, 4.69) is 15.2 Å². The van der Waals surface area contributed by atoms with Crippen LogP contribution in [0.5, 0.6) is 0 Å². The molecule has 3 heterocycles. The Bertz CT molecular complexity index is 614. The molecular formula is C13H17FN4O2. The van der Waals surface area contributed by atoms with Crippen LogP contribution >= 0.6 is 0 Å². The number of alkyl halides is 1. The predicted octanol–water partition coefficient (Wildman–Crippen LogP) is 2.18. The van der Waals surface area contributed by atoms with Crippen LogP contribution in [-0.2, 0) is 17.5 Å². The van der Waals surface area contributed by atoms with Gasteiger partial charge in [0.25, 0.3) is 5.89 Å². The van der Waals surface area contributed by atoms with Crippen molar-refractivity contribution in [3.05, 3.63) is 17.8 Å². The van der Waals surface area contributed by atoms with Gasteiger partial charge >= 0.3 is 0 Å². The van der Waals surface area contributed by atoms with Gasteiger partial charge in [0.05, 0.1) is 24.5 Å². The number of rotatable bonds is 3. The van der Waals surface area contributed by atoms with Crippen LogP contribution in [0.25, 0.3) is 11.4 Å². The van der Waals surface area contributed by atoms with Gasteiger partial charge in [-0.05, 0) is 5.92 Å². The highest BCUT2D eigenvalue weighted by molar-refractivity contribution is 5.57. The van der Waals surface area contributed by atoms with Gasteiger partial charge in [-0.2, -0.15) is 10.1 Å². The Morgan fingerprint density at radius 3 is 2.90 bits per heavy atom. The van der Waals surface area contributed by atoms with E-state index in [1.54, 1.807) is 4.68 Å². The smallest absolute Gasteiger partial charge is 0.267 e. The van der Waals surface area contributed by atoms with Crippen LogP contribution in [0.3, 0.4) is 0 Å². The molecule has 6 nitrogen and oxygen atoms in total. The highest BCUT2D eigenvalue weighted by Crippen LogP contribution is 2.35. The first-order valence-corrected chi connectivity index (χ1v) is 6.64. The second-order valence-corrected chi connectivity index (χ2v) is 5.45. The molecule has 0 radical (unpaired) electrons. The number of nitrogens with zero attached hydrogens (tertiary/aromatic N) is 4. The molecule has 3 rings (SSSR count). The fourth-order valence-corrected chi connectivity index (χ4v) is 2.33. The van der Waals surface area contributed by atoms with Crippen LogP contribution in [0.2, 0.25) is 0 Å². The molecule has 0 bridgehead atoms. The summed E-state index contributed by atoms with van der Waals surface area (Å²) in [5, 5.41) is 8.28. The second kappa shape index (κ2) is 4.66. The first kappa shape index (κ1) is 13.2. The Morgan fingerprint density at radius 2 is 2.25 bits per heavy atom. The fraction of sp³-hybridized carbons (Fsp3) is 0.615. The summed E-state index contributed by atoms with van der Waals surface area (Å²) in [5.74, 6) is 0.589. The predicted molar refractivity (Wildman–Crippen MR) is 68.8 cm³/mol. The third-order valence-electron chi connectivity index (χ3n) is 3.43. The van der Waals surface area contributed by atoms with E-state index in [1.807, 2.05) is 27.1 Å². The van der Waals surface area contributed by atoms with Crippen LogP contribution in [-0.4, -0.2) is 33.1 Å². The molecule has 108 valence electrons. The van der Waals surface area contributed by atoms with Gasteiger partial charge in [-0.15, -0.1) is 0 Å². The Morgan fingerprint density at radius 1 is 1.45 bits per heavy atom. The highest BCUT2D eigenvalue weighted by Gasteiger charge is 2.42. The highest BCUT2D eigenvalue weighted by atomic mass is 19.1. The molecule has 0 amide bonds. The van der Waals surface area contributed by atoms with Gasteiger partial charge in [0.15, 0.2) is 0 Å². The van der Waals surface area contributed by atoms with Crippen molar-refractivity contribution in [2.24, 2.45) is 7.05 Å². The third kappa shape index (κ3) is 2.11. The first-order chi connectivity index (χ1) is 9.49. The van der Waals surface area contributed by atoms with E-state index < -0.39 is 5.67 Å². The Balaban J connectivity index is 1.98. The molecule has 2 aromatic rings. The maximum absolute atomic E-state index is 14.5. The third-order valence-corrected chi connectivity index (χ3v) is 3.43. The van der Waals surface area contributed by atoms with Crippen LogP contribution in [0, 0.1) is 0 Å². The molecule has 2 aromatic heterocycles. The largest absolute Gasteiger partial charge is 0.377 e. The molecule has 1 unspecified atom stereocenters. The molecule has 0 aliphatic carbocycles. The van der Waals surface area contributed by atoms with E-state index in [-0.39, 0.29) is 24.8 Å². The zero-order valence-electron chi connectivity index (χ0n) is 11.8. The van der Waals surface area contributed by atoms with Gasteiger partial charge in [-0.1, -0.05) is 19.0 Å². The van der Waals surface area contributed by atoms with Crippen molar-refractivity contribution in [2.75, 3.05) is 13.2 Å². The number of aromatic nitrogens is 4. The number of hydrogen-bond acceptors (Lipinski definition) is 5. The average molecular weight is 280 g/mol. The molecule has 1 aliphatic heterocycles. The maximum Gasteiger partial charge on any atom is 0.267 e. The van der Waals surface area contributed by atoms with E-state index in [1.165, 1.54) is 0 Å². The Kier molecular flexibility index (Phi) is 3.08. The van der Waals surface area contributed by atoms with E-state index in [0.717, 1.165) is 11.3 Å². The minimum atomic E-state index is -1.66. The quantitative estimate of drug-likeness (QED) is 0.862. The lowest BCUT2D eigenvalue weighted by Crippen LogP contribution is -2.20. The molecule has 20 heavy (non-hydrogen) atoms. The van der Waals surface area contributed by atoms with Gasteiger partial charge in [0.2, 0.25) is 11.5 Å². The van der Waals surface area contributed by atoms with E-state index in [0.29, 0.717) is 12.4 Å². The summed E-state index contributed by atoms with van der Waals surface area (Å²) < 4.78 is 26.4. The van der Waals surface area contributed by atoms with Crippen molar-refractivity contribution < 1.29 is 13.7 Å². The number of halogens is 1. The SMILES string of the molecule is CC(C)c1nn(C)cc1-c1noc(C2(F)CCOC2)n1. The normalized spacial score (nSPS) is 22.9. The molecule has 1 saturated heterocycles. The average Bonchev–Trinajstić information content (AvgIpc) is 3.06. The van der Waals surface area contributed by atoms with Gasteiger partial charge in [-0.3, -0.25) is 4.68 Å². The molecule has 0 aromatic carbocycles. The summed E-state index contributed by atoms with van der Waals surface area (Å²) in [6.45, 7) is 4.42. The molecule has 1 atom stereocenters. The summed E-state index contributed by atoms with van der Waals surface area (Å²) >= 11 is 0. The summed E-state index contributed by atoms with van der Waals surface area (Å²) in [7, 11) is 1.83. The van der Waals surface area contributed by atoms with E-state index >= 15 is 0 Å². The number of ether oxygens (including phenoxy) is 1. The first-order valence-electron chi connectivity index (χ1n) is 6.64. The fourth-order valence-electron chi connectivity index (χ4n) is 2.33. The standard InChI is InChI=1S/C13H17FN4O2/c1-8(2)10-9(6-18(3)16-10)11-15-12(20-17-11)13(14)4-5-19-7-13/h6,8H,4-5,7H2,1-3H3. The van der Waals surface area contributed by atoms with Crippen molar-refractivity contribution in [3.8, 4) is 11.4 Å². The molecule has 1 aliphatic rings. The summed E-state index contributed by atoms with van der Waals surface area (Å²) in [5.41, 5.74) is -0.0127. The van der Waals surface area contributed by atoms with Crippen LogP contribution in [0.4, 0.5) is 4.39 Å². The van der Waals surface area contributed by atoms with Crippen molar-refractivity contribution in [1.29, 1.82) is 0 Å². The van der Waals surface area contributed by atoms with Gasteiger partial charge in [0, 0.05) is 19.7 Å². The zero-order chi connectivity index (χ0) is 14.3. The molecule has 7 heteroatoms. The Hall–Kier alpha value is -1.76. The van der Waals surface area contributed by atoms with Crippen molar-refractivity contribution in [3.63, 3.8) is 0 Å². The summed E-state index contributed by atoms with van der Waals surface area (Å²) in [6, 6.07) is 0. The van der Waals surface area contributed by atoms with Gasteiger partial charge < -0.3 is 9.26 Å². The van der Waals surface area contributed by atoms with Crippen LogP contribution in [0.1, 0.15) is 37.8 Å². The summed E-state index contributed by atoms with van der Waals surface area (Å²) in [6.07, 6.45) is 2.07. The second-order valence-electron chi connectivity index (χ2n) is 5.45. The molecule has 0 spiro atoms. The lowest BCUT2D eigenvalue weighted by molar-refractivity contribution is 0.0807. The van der Waals surface area contributed by atoms with Crippen LogP contribution in [0.15, 0.2) is 10.7 Å². The van der Waals surface area contributed by atoms with Crippen LogP contribution < -0.4 is 0 Å². The van der Waals surface area contributed by atoms with Crippen molar-refractivity contribution >= 4 is 0 Å². The molecule has 0 saturated carbocycles. The monoisotopic (exact) mass is 280 g/mol. The van der Waals surface area contributed by atoms with Gasteiger partial charge in [-0.25, -0.2) is 4.39 Å². The number of aryl methyl sites for hydroxylation is 1. The summed E-state index contributed by atoms with van der Waals surface area (Å²) in [4.78, 5) is 4.20. The Labute approximate surface area is 115 Å². The molecular weight excluding hydrogens is 263 g/mol. The van der Waals surface area contributed by atoms with Crippen molar-refractivity contribution in [1.82, 2.24) is 19.9 Å². The van der Waals surface area contributed by atoms with Crippen molar-refractivity contribution in [2.45, 2.75) is 31.9 Å². The van der Waals surface area contributed by atoms with E-state index in [9.17, 15) is 4.39 Å². The number of hydrogen-bond donors (Lipinski definition) is 0. The minimum absolute atomic E-state index is 0.0106. The topological polar surface area (TPSA) is 66.0 Å². The van der Waals surface area contributed by atoms with Gasteiger partial charge in [0.1, 0.15) is 0 Å². The molecule has 0 N–H and O–H groups in total.